The Bertz CT molecular complexity index is 403. The summed E-state index contributed by atoms with van der Waals surface area (Å²) < 4.78 is 0. The second-order valence-electron chi connectivity index (χ2n) is 3.89. The van der Waals surface area contributed by atoms with Crippen LogP contribution in [0.1, 0.15) is 30.5 Å². The first-order valence-corrected chi connectivity index (χ1v) is 6.25. The average molecular weight is 256 g/mol. The van der Waals surface area contributed by atoms with Gasteiger partial charge in [-0.2, -0.15) is 0 Å². The van der Waals surface area contributed by atoms with E-state index in [2.05, 4.69) is 10.3 Å². The number of nitrogens with zero attached hydrogens (tertiary/aromatic N) is 1. The predicted octanol–water partition coefficient (Wildman–Crippen LogP) is 1.36. The lowest BCUT2D eigenvalue weighted by Crippen LogP contribution is -2.35. The molecule has 1 aromatic heterocycles. The largest absolute Gasteiger partial charge is 0.481 e. The molecule has 5 nitrogen and oxygen atoms in total. The number of carbonyl (C=O) groups is 2. The van der Waals surface area contributed by atoms with E-state index in [4.69, 9.17) is 5.11 Å². The van der Waals surface area contributed by atoms with Crippen LogP contribution in [0.5, 0.6) is 0 Å². The van der Waals surface area contributed by atoms with Crippen LogP contribution in [0.25, 0.3) is 0 Å². The summed E-state index contributed by atoms with van der Waals surface area (Å²) in [6.45, 7) is 3.35. The number of thiazole rings is 1. The van der Waals surface area contributed by atoms with E-state index >= 15 is 0 Å². The number of hydrogen-bond donors (Lipinski definition) is 2. The average Bonchev–Trinajstić information content (AvgIpc) is 2.59. The number of amides is 1. The lowest BCUT2D eigenvalue weighted by atomic mass is 10.1. The van der Waals surface area contributed by atoms with E-state index in [0.717, 1.165) is 10.7 Å². The van der Waals surface area contributed by atoms with Crippen LogP contribution in [0, 0.1) is 6.92 Å². The topological polar surface area (TPSA) is 79.3 Å². The second kappa shape index (κ2) is 6.34. The molecule has 0 aliphatic carbocycles. The van der Waals surface area contributed by atoms with Crippen LogP contribution in [-0.2, 0) is 16.0 Å². The van der Waals surface area contributed by atoms with Crippen molar-refractivity contribution in [1.29, 1.82) is 0 Å². The molecule has 0 fully saturated rings. The monoisotopic (exact) mass is 256 g/mol. The molecule has 1 rings (SSSR count). The molecule has 1 amide bonds. The number of carboxylic acid groups (broad SMARTS) is 1. The summed E-state index contributed by atoms with van der Waals surface area (Å²) in [4.78, 5) is 25.8. The van der Waals surface area contributed by atoms with Crippen molar-refractivity contribution in [2.75, 3.05) is 0 Å². The predicted molar refractivity (Wildman–Crippen MR) is 65.0 cm³/mol. The zero-order valence-corrected chi connectivity index (χ0v) is 10.7. The van der Waals surface area contributed by atoms with E-state index in [9.17, 15) is 9.59 Å². The minimum Gasteiger partial charge on any atom is -0.481 e. The molecular formula is C11H16N2O3S. The summed E-state index contributed by atoms with van der Waals surface area (Å²) in [5.41, 5.74) is 0.900. The van der Waals surface area contributed by atoms with E-state index in [0.29, 0.717) is 12.8 Å². The van der Waals surface area contributed by atoms with Crippen LogP contribution < -0.4 is 5.32 Å². The highest BCUT2D eigenvalue weighted by atomic mass is 32.1. The van der Waals surface area contributed by atoms with Crippen molar-refractivity contribution < 1.29 is 14.7 Å². The van der Waals surface area contributed by atoms with E-state index in [-0.39, 0.29) is 18.4 Å². The van der Waals surface area contributed by atoms with Crippen molar-refractivity contribution in [2.45, 2.75) is 39.2 Å². The number of hydrogen-bond acceptors (Lipinski definition) is 4. The summed E-state index contributed by atoms with van der Waals surface area (Å²) in [6.07, 6.45) is 1.05. The molecule has 94 valence electrons. The Labute approximate surface area is 104 Å². The Morgan fingerprint density at radius 1 is 1.59 bits per heavy atom. The summed E-state index contributed by atoms with van der Waals surface area (Å²) >= 11 is 1.55. The fourth-order valence-corrected chi connectivity index (χ4v) is 2.19. The zero-order chi connectivity index (χ0) is 12.8. The Hall–Kier alpha value is -1.43. The van der Waals surface area contributed by atoms with Crippen LogP contribution in [0.2, 0.25) is 0 Å². The van der Waals surface area contributed by atoms with Crippen molar-refractivity contribution in [1.82, 2.24) is 10.3 Å². The molecule has 0 spiro atoms. The molecule has 1 unspecified atom stereocenters. The summed E-state index contributed by atoms with van der Waals surface area (Å²) in [5.74, 6) is -0.998. The maximum Gasteiger partial charge on any atom is 0.303 e. The Kier molecular flexibility index (Phi) is 5.09. The maximum atomic E-state index is 11.0. The van der Waals surface area contributed by atoms with Gasteiger partial charge in [0.05, 0.1) is 10.7 Å². The van der Waals surface area contributed by atoms with Crippen molar-refractivity contribution in [3.05, 3.63) is 16.1 Å². The van der Waals surface area contributed by atoms with Gasteiger partial charge in [0.1, 0.15) is 0 Å². The maximum absolute atomic E-state index is 11.0. The molecule has 0 saturated heterocycles. The molecule has 0 bridgehead atoms. The number of rotatable bonds is 6. The van der Waals surface area contributed by atoms with Crippen LogP contribution in [0.4, 0.5) is 0 Å². The van der Waals surface area contributed by atoms with Gasteiger partial charge in [0.15, 0.2) is 0 Å². The van der Waals surface area contributed by atoms with Crippen LogP contribution in [-0.4, -0.2) is 28.0 Å². The third-order valence-corrected chi connectivity index (χ3v) is 3.06. The standard InChI is InChI=1S/C11H16N2O3S/c1-7(14)12-9(3-4-11(15)16)5-10-6-17-8(2)13-10/h6,9H,3-5H2,1-2H3,(H,12,14)(H,15,16). The number of aliphatic carboxylic acids is 1. The van der Waals surface area contributed by atoms with Crippen LogP contribution in [0.3, 0.4) is 0 Å². The minimum absolute atomic E-state index is 0.0497. The van der Waals surface area contributed by atoms with Gasteiger partial charge in [-0.05, 0) is 13.3 Å². The van der Waals surface area contributed by atoms with E-state index < -0.39 is 5.97 Å². The minimum atomic E-state index is -0.852. The molecule has 1 atom stereocenters. The van der Waals surface area contributed by atoms with Crippen LogP contribution >= 0.6 is 11.3 Å². The van der Waals surface area contributed by atoms with Crippen molar-refractivity contribution in [2.24, 2.45) is 0 Å². The van der Waals surface area contributed by atoms with Gasteiger partial charge >= 0.3 is 5.97 Å². The molecule has 0 saturated carbocycles. The Balaban J connectivity index is 2.56. The van der Waals surface area contributed by atoms with Crippen molar-refractivity contribution in [3.63, 3.8) is 0 Å². The highest BCUT2D eigenvalue weighted by Crippen LogP contribution is 2.12. The van der Waals surface area contributed by atoms with Gasteiger partial charge < -0.3 is 10.4 Å². The summed E-state index contributed by atoms with van der Waals surface area (Å²) in [6, 6.07) is -0.162. The molecule has 0 aromatic carbocycles. The highest BCUT2D eigenvalue weighted by Gasteiger charge is 2.14. The molecule has 1 heterocycles. The van der Waals surface area contributed by atoms with Gasteiger partial charge in [-0.3, -0.25) is 9.59 Å². The molecule has 0 aliphatic rings. The van der Waals surface area contributed by atoms with Crippen LogP contribution in [0.15, 0.2) is 5.38 Å². The summed E-state index contributed by atoms with van der Waals surface area (Å²) in [5, 5.41) is 14.3. The third kappa shape index (κ3) is 5.44. The fourth-order valence-electron chi connectivity index (χ4n) is 1.56. The van der Waals surface area contributed by atoms with E-state index in [1.165, 1.54) is 6.92 Å². The van der Waals surface area contributed by atoms with Gasteiger partial charge in [0.25, 0.3) is 0 Å². The molecule has 17 heavy (non-hydrogen) atoms. The number of aryl methyl sites for hydroxylation is 1. The number of carbonyl (C=O) groups excluding carboxylic acids is 1. The van der Waals surface area contributed by atoms with E-state index in [1.807, 2.05) is 12.3 Å². The van der Waals surface area contributed by atoms with Gasteiger partial charge in [-0.1, -0.05) is 0 Å². The molecule has 0 aliphatic heterocycles. The first-order valence-electron chi connectivity index (χ1n) is 5.37. The molecule has 1 aromatic rings. The molecule has 2 N–H and O–H groups in total. The smallest absolute Gasteiger partial charge is 0.303 e. The van der Waals surface area contributed by atoms with Gasteiger partial charge in [-0.25, -0.2) is 4.98 Å². The van der Waals surface area contributed by atoms with Gasteiger partial charge in [0.2, 0.25) is 5.91 Å². The molecule has 0 radical (unpaired) electrons. The summed E-state index contributed by atoms with van der Waals surface area (Å²) in [7, 11) is 0. The van der Waals surface area contributed by atoms with Gasteiger partial charge in [0, 0.05) is 31.2 Å². The zero-order valence-electron chi connectivity index (χ0n) is 9.90. The molecule has 6 heteroatoms. The fraction of sp³-hybridized carbons (Fsp3) is 0.545. The first-order chi connectivity index (χ1) is 7.97. The quantitative estimate of drug-likeness (QED) is 0.805. The lowest BCUT2D eigenvalue weighted by Gasteiger charge is -2.15. The third-order valence-electron chi connectivity index (χ3n) is 2.24. The Morgan fingerprint density at radius 3 is 2.76 bits per heavy atom. The van der Waals surface area contributed by atoms with Crippen molar-refractivity contribution in [3.8, 4) is 0 Å². The normalized spacial score (nSPS) is 12.1. The number of nitrogens with one attached hydrogen (secondary N) is 1. The highest BCUT2D eigenvalue weighted by molar-refractivity contribution is 7.09. The number of carboxylic acids is 1. The van der Waals surface area contributed by atoms with Crippen molar-refractivity contribution >= 4 is 23.2 Å². The SMILES string of the molecule is CC(=O)NC(CCC(=O)O)Cc1csc(C)n1. The van der Waals surface area contributed by atoms with Gasteiger partial charge in [-0.15, -0.1) is 11.3 Å². The first kappa shape index (κ1) is 13.6. The lowest BCUT2D eigenvalue weighted by molar-refractivity contribution is -0.137. The number of aromatic nitrogens is 1. The van der Waals surface area contributed by atoms with E-state index in [1.54, 1.807) is 11.3 Å². The molecular weight excluding hydrogens is 240 g/mol. The second-order valence-corrected chi connectivity index (χ2v) is 4.95. The Morgan fingerprint density at radius 2 is 2.29 bits per heavy atom.